The maximum absolute atomic E-state index is 12.2. The molecule has 1 saturated carbocycles. The van der Waals surface area contributed by atoms with Crippen molar-refractivity contribution in [2.45, 2.75) is 69.9 Å². The highest BCUT2D eigenvalue weighted by Crippen LogP contribution is 2.20. The molecule has 0 radical (unpaired) electrons. The van der Waals surface area contributed by atoms with E-state index in [0.29, 0.717) is 12.6 Å². The lowest BCUT2D eigenvalue weighted by atomic mass is 9.96. The molecule has 0 aromatic heterocycles. The van der Waals surface area contributed by atoms with Gasteiger partial charge in [-0.25, -0.2) is 4.79 Å². The molecule has 24 heavy (non-hydrogen) atoms. The van der Waals surface area contributed by atoms with Crippen molar-refractivity contribution in [1.29, 1.82) is 0 Å². The van der Waals surface area contributed by atoms with Gasteiger partial charge in [0, 0.05) is 18.6 Å². The Morgan fingerprint density at radius 1 is 0.875 bits per heavy atom. The third kappa shape index (κ3) is 5.18. The van der Waals surface area contributed by atoms with E-state index in [2.05, 4.69) is 20.4 Å². The zero-order chi connectivity index (χ0) is 16.8. The largest absolute Gasteiger partial charge is 0.335 e. The van der Waals surface area contributed by atoms with Gasteiger partial charge in [-0.3, -0.25) is 15.0 Å². The first kappa shape index (κ1) is 17.7. The van der Waals surface area contributed by atoms with Crippen LogP contribution in [0, 0.1) is 0 Å². The van der Waals surface area contributed by atoms with Gasteiger partial charge in [0.05, 0.1) is 6.54 Å². The van der Waals surface area contributed by atoms with Gasteiger partial charge in [-0.05, 0) is 58.2 Å². The molecule has 1 aliphatic carbocycles. The summed E-state index contributed by atoms with van der Waals surface area (Å²) in [6.07, 6.45) is 10.6. The number of amides is 3. The van der Waals surface area contributed by atoms with Crippen LogP contribution in [0.1, 0.15) is 57.8 Å². The maximum Gasteiger partial charge on any atom is 0.321 e. The maximum atomic E-state index is 12.2. The van der Waals surface area contributed by atoms with Crippen molar-refractivity contribution in [3.8, 4) is 0 Å². The number of carbonyl (C=O) groups excluding carboxylic acids is 2. The molecule has 6 nitrogen and oxygen atoms in total. The van der Waals surface area contributed by atoms with Crippen molar-refractivity contribution in [1.82, 2.24) is 20.4 Å². The summed E-state index contributed by atoms with van der Waals surface area (Å²) in [4.78, 5) is 29.0. The second-order valence-electron chi connectivity index (χ2n) is 7.63. The fraction of sp³-hybridized carbons (Fsp3) is 0.889. The molecule has 3 aliphatic rings. The molecule has 6 heteroatoms. The van der Waals surface area contributed by atoms with E-state index in [-0.39, 0.29) is 18.0 Å². The number of urea groups is 1. The summed E-state index contributed by atoms with van der Waals surface area (Å²) in [7, 11) is 0. The van der Waals surface area contributed by atoms with Gasteiger partial charge in [-0.1, -0.05) is 19.3 Å². The molecule has 0 unspecified atom stereocenters. The van der Waals surface area contributed by atoms with Gasteiger partial charge in [0.25, 0.3) is 0 Å². The Bertz CT molecular complexity index is 431. The minimum atomic E-state index is -0.317. The van der Waals surface area contributed by atoms with Crippen molar-refractivity contribution in [2.24, 2.45) is 0 Å². The summed E-state index contributed by atoms with van der Waals surface area (Å²) in [5.41, 5.74) is 0. The van der Waals surface area contributed by atoms with Gasteiger partial charge in [-0.15, -0.1) is 0 Å². The van der Waals surface area contributed by atoms with E-state index in [1.807, 2.05) is 0 Å². The van der Waals surface area contributed by atoms with Crippen LogP contribution >= 0.6 is 0 Å². The van der Waals surface area contributed by atoms with Gasteiger partial charge in [0.2, 0.25) is 5.91 Å². The van der Waals surface area contributed by atoms with E-state index in [1.54, 1.807) is 0 Å². The molecule has 2 aliphatic heterocycles. The van der Waals surface area contributed by atoms with Crippen LogP contribution in [0.4, 0.5) is 4.79 Å². The Morgan fingerprint density at radius 3 is 2.38 bits per heavy atom. The summed E-state index contributed by atoms with van der Waals surface area (Å²) in [6.45, 7) is 4.77. The molecule has 2 heterocycles. The first-order valence-electron chi connectivity index (χ1n) is 9.77. The van der Waals surface area contributed by atoms with E-state index in [1.165, 1.54) is 45.2 Å². The van der Waals surface area contributed by atoms with Gasteiger partial charge < -0.3 is 10.2 Å². The standard InChI is InChI=1S/C18H32N4O2/c23-17(20-18(24)19-15-7-2-1-3-8-15)14-22-12-6-9-16(22)13-21-10-4-5-11-21/h15-16H,1-14H2,(H2,19,20,23,24)/t16-/m1/s1. The molecule has 0 bridgehead atoms. The van der Waals surface area contributed by atoms with Crippen LogP contribution in [0.5, 0.6) is 0 Å². The number of carbonyl (C=O) groups is 2. The van der Waals surface area contributed by atoms with E-state index in [9.17, 15) is 9.59 Å². The fourth-order valence-corrected chi connectivity index (χ4v) is 4.39. The Kier molecular flexibility index (Phi) is 6.49. The summed E-state index contributed by atoms with van der Waals surface area (Å²) < 4.78 is 0. The van der Waals surface area contributed by atoms with Gasteiger partial charge >= 0.3 is 6.03 Å². The predicted octanol–water partition coefficient (Wildman–Crippen LogP) is 1.71. The Labute approximate surface area is 145 Å². The highest BCUT2D eigenvalue weighted by atomic mass is 16.2. The molecule has 1 atom stereocenters. The molecule has 3 fully saturated rings. The van der Waals surface area contributed by atoms with Crippen LogP contribution in [-0.2, 0) is 4.79 Å². The summed E-state index contributed by atoms with van der Waals surface area (Å²) in [5.74, 6) is -0.170. The molecule has 2 saturated heterocycles. The Hall–Kier alpha value is -1.14. The van der Waals surface area contributed by atoms with E-state index in [4.69, 9.17) is 0 Å². The normalized spacial score (nSPS) is 26.6. The molecule has 0 spiro atoms. The number of nitrogens with one attached hydrogen (secondary N) is 2. The number of nitrogens with zero attached hydrogens (tertiary/aromatic N) is 2. The number of likely N-dealkylation sites (tertiary alicyclic amines) is 2. The zero-order valence-corrected chi connectivity index (χ0v) is 14.8. The number of hydrogen-bond donors (Lipinski definition) is 2. The summed E-state index contributed by atoms with van der Waals surface area (Å²) in [5, 5.41) is 5.47. The predicted molar refractivity (Wildman–Crippen MR) is 93.8 cm³/mol. The molecule has 3 amide bonds. The van der Waals surface area contributed by atoms with Gasteiger partial charge in [0.1, 0.15) is 0 Å². The minimum absolute atomic E-state index is 0.170. The van der Waals surface area contributed by atoms with Crippen LogP contribution in [-0.4, -0.2) is 66.5 Å². The molecule has 2 N–H and O–H groups in total. The second-order valence-corrected chi connectivity index (χ2v) is 7.63. The SMILES string of the molecule is O=C(CN1CCC[C@@H]1CN1CCCC1)NC(=O)NC1CCCCC1. The van der Waals surface area contributed by atoms with Gasteiger partial charge in [0.15, 0.2) is 0 Å². The zero-order valence-electron chi connectivity index (χ0n) is 14.8. The first-order chi connectivity index (χ1) is 11.7. The molecule has 3 rings (SSSR count). The average molecular weight is 336 g/mol. The van der Waals surface area contributed by atoms with Crippen LogP contribution in [0.15, 0.2) is 0 Å². The average Bonchev–Trinajstić information content (AvgIpc) is 3.21. The molecule has 0 aromatic rings. The number of rotatable bonds is 5. The van der Waals surface area contributed by atoms with E-state index < -0.39 is 0 Å². The lowest BCUT2D eigenvalue weighted by molar-refractivity contribution is -0.121. The van der Waals surface area contributed by atoms with E-state index in [0.717, 1.165) is 38.8 Å². The highest BCUT2D eigenvalue weighted by molar-refractivity contribution is 5.95. The number of hydrogen-bond acceptors (Lipinski definition) is 4. The van der Waals surface area contributed by atoms with Crippen LogP contribution in [0.3, 0.4) is 0 Å². The molecular weight excluding hydrogens is 304 g/mol. The summed E-state index contributed by atoms with van der Waals surface area (Å²) >= 11 is 0. The lowest BCUT2D eigenvalue weighted by Crippen LogP contribution is -2.49. The number of imide groups is 1. The van der Waals surface area contributed by atoms with Crippen LogP contribution in [0.2, 0.25) is 0 Å². The smallest absolute Gasteiger partial charge is 0.321 e. The van der Waals surface area contributed by atoms with Crippen molar-refractivity contribution in [3.63, 3.8) is 0 Å². The van der Waals surface area contributed by atoms with Crippen LogP contribution < -0.4 is 10.6 Å². The molecular formula is C18H32N4O2. The van der Waals surface area contributed by atoms with E-state index >= 15 is 0 Å². The lowest BCUT2D eigenvalue weighted by Gasteiger charge is -2.28. The molecule has 136 valence electrons. The van der Waals surface area contributed by atoms with Crippen LogP contribution in [0.25, 0.3) is 0 Å². The topological polar surface area (TPSA) is 64.7 Å². The first-order valence-corrected chi connectivity index (χ1v) is 9.77. The fourth-order valence-electron chi connectivity index (χ4n) is 4.39. The minimum Gasteiger partial charge on any atom is -0.335 e. The van der Waals surface area contributed by atoms with Crippen molar-refractivity contribution >= 4 is 11.9 Å². The van der Waals surface area contributed by atoms with Crippen molar-refractivity contribution in [3.05, 3.63) is 0 Å². The quantitative estimate of drug-likeness (QED) is 0.802. The van der Waals surface area contributed by atoms with Crippen molar-refractivity contribution in [2.75, 3.05) is 32.7 Å². The van der Waals surface area contributed by atoms with Gasteiger partial charge in [-0.2, -0.15) is 0 Å². The second kappa shape index (κ2) is 8.81. The summed E-state index contributed by atoms with van der Waals surface area (Å²) in [6, 6.07) is 0.388. The molecule has 0 aromatic carbocycles. The van der Waals surface area contributed by atoms with Crippen molar-refractivity contribution < 1.29 is 9.59 Å². The monoisotopic (exact) mass is 336 g/mol. The third-order valence-corrected chi connectivity index (χ3v) is 5.71. The highest BCUT2D eigenvalue weighted by Gasteiger charge is 2.29. The third-order valence-electron chi connectivity index (χ3n) is 5.71. The Morgan fingerprint density at radius 2 is 1.62 bits per heavy atom. The Balaban J connectivity index is 1.39.